The highest BCUT2D eigenvalue weighted by molar-refractivity contribution is 4.97. The van der Waals surface area contributed by atoms with Gasteiger partial charge in [-0.2, -0.15) is 0 Å². The Hall–Kier alpha value is -1.62. The van der Waals surface area contributed by atoms with Crippen molar-refractivity contribution < 1.29 is 0 Å². The van der Waals surface area contributed by atoms with Crippen molar-refractivity contribution in [2.75, 3.05) is 0 Å². The topological polar surface area (TPSA) is 58.5 Å². The fourth-order valence-electron chi connectivity index (χ4n) is 1.60. The van der Waals surface area contributed by atoms with Crippen LogP contribution >= 0.6 is 0 Å². The number of hydrogen-bond acceptors (Lipinski definition) is 3. The number of rotatable bonds is 6. The van der Waals surface area contributed by atoms with E-state index in [0.29, 0.717) is 6.04 Å². The molecule has 2 aromatic heterocycles. The van der Waals surface area contributed by atoms with E-state index in [1.807, 2.05) is 12.5 Å². The van der Waals surface area contributed by atoms with Crippen molar-refractivity contribution in [2.24, 2.45) is 0 Å². The molecule has 17 heavy (non-hydrogen) atoms. The van der Waals surface area contributed by atoms with Crippen LogP contribution in [0.15, 0.2) is 24.9 Å². The molecule has 0 unspecified atom stereocenters. The van der Waals surface area contributed by atoms with Gasteiger partial charge in [0.2, 0.25) is 0 Å². The van der Waals surface area contributed by atoms with E-state index in [0.717, 1.165) is 31.0 Å². The van der Waals surface area contributed by atoms with Crippen LogP contribution in [0, 0.1) is 0 Å². The lowest BCUT2D eigenvalue weighted by Gasteiger charge is -2.04. The van der Waals surface area contributed by atoms with Gasteiger partial charge in [-0.25, -0.2) is 9.97 Å². The summed E-state index contributed by atoms with van der Waals surface area (Å²) < 4.78 is 2.10. The molecule has 0 aliphatic heterocycles. The maximum absolute atomic E-state index is 4.36. The Bertz CT molecular complexity index is 429. The molecule has 2 rings (SSSR count). The highest BCUT2D eigenvalue weighted by atomic mass is 15.1. The van der Waals surface area contributed by atoms with Gasteiger partial charge in [-0.05, 0) is 0 Å². The molecule has 0 aliphatic carbocycles. The van der Waals surface area contributed by atoms with Gasteiger partial charge in [0.25, 0.3) is 0 Å². The molecular formula is C12H19N5. The Morgan fingerprint density at radius 2 is 2.29 bits per heavy atom. The van der Waals surface area contributed by atoms with Crippen molar-refractivity contribution in [3.05, 3.63) is 36.4 Å². The zero-order valence-corrected chi connectivity index (χ0v) is 10.3. The van der Waals surface area contributed by atoms with Crippen LogP contribution in [0.1, 0.15) is 25.4 Å². The highest BCUT2D eigenvalue weighted by Crippen LogP contribution is 1.99. The second-order valence-electron chi connectivity index (χ2n) is 4.42. The maximum atomic E-state index is 4.36. The zero-order valence-electron chi connectivity index (χ0n) is 10.3. The quantitative estimate of drug-likeness (QED) is 0.791. The van der Waals surface area contributed by atoms with Crippen LogP contribution in [0.2, 0.25) is 0 Å². The minimum atomic E-state index is 0.489. The van der Waals surface area contributed by atoms with E-state index in [4.69, 9.17) is 0 Å². The first-order valence-corrected chi connectivity index (χ1v) is 5.96. The predicted octanol–water partition coefficient (Wildman–Crippen LogP) is 1.35. The minimum absolute atomic E-state index is 0.489. The van der Waals surface area contributed by atoms with Crippen molar-refractivity contribution in [3.63, 3.8) is 0 Å². The van der Waals surface area contributed by atoms with E-state index in [1.54, 1.807) is 6.20 Å². The van der Waals surface area contributed by atoms with Crippen LogP contribution in [0.4, 0.5) is 0 Å². The summed E-state index contributed by atoms with van der Waals surface area (Å²) in [6, 6.07) is 0.489. The van der Waals surface area contributed by atoms with Crippen LogP contribution in [-0.2, 0) is 19.5 Å². The second-order valence-corrected chi connectivity index (χ2v) is 4.42. The molecule has 0 fully saturated rings. The fourth-order valence-corrected chi connectivity index (χ4v) is 1.60. The summed E-state index contributed by atoms with van der Waals surface area (Å²) in [5.41, 5.74) is 1.08. The zero-order chi connectivity index (χ0) is 12.1. The molecule has 0 spiro atoms. The van der Waals surface area contributed by atoms with E-state index in [-0.39, 0.29) is 0 Å². The number of nitrogens with zero attached hydrogens (tertiary/aromatic N) is 3. The Morgan fingerprint density at radius 1 is 1.41 bits per heavy atom. The first-order chi connectivity index (χ1) is 8.24. The number of imidazole rings is 2. The summed E-state index contributed by atoms with van der Waals surface area (Å²) in [6.07, 6.45) is 8.49. The molecule has 0 amide bonds. The van der Waals surface area contributed by atoms with Crippen LogP contribution in [-0.4, -0.2) is 25.6 Å². The van der Waals surface area contributed by atoms with E-state index in [9.17, 15) is 0 Å². The molecule has 0 saturated heterocycles. The summed E-state index contributed by atoms with van der Waals surface area (Å²) in [5.74, 6) is 1.01. The van der Waals surface area contributed by atoms with Crippen molar-refractivity contribution >= 4 is 0 Å². The first-order valence-electron chi connectivity index (χ1n) is 5.96. The third-order valence-corrected chi connectivity index (χ3v) is 2.54. The molecule has 5 nitrogen and oxygen atoms in total. The van der Waals surface area contributed by atoms with Gasteiger partial charge in [-0.3, -0.25) is 0 Å². The first kappa shape index (κ1) is 11.9. The Kier molecular flexibility index (Phi) is 3.93. The molecule has 0 atom stereocenters. The van der Waals surface area contributed by atoms with Gasteiger partial charge in [-0.15, -0.1) is 0 Å². The number of aromatic nitrogens is 4. The normalized spacial score (nSPS) is 11.2. The lowest BCUT2D eigenvalue weighted by atomic mass is 10.3. The lowest BCUT2D eigenvalue weighted by molar-refractivity contribution is 0.582. The van der Waals surface area contributed by atoms with Gasteiger partial charge in [0.15, 0.2) is 0 Å². The van der Waals surface area contributed by atoms with E-state index < -0.39 is 0 Å². The van der Waals surface area contributed by atoms with E-state index in [1.165, 1.54) is 0 Å². The van der Waals surface area contributed by atoms with E-state index >= 15 is 0 Å². The molecule has 2 heterocycles. The number of aromatic amines is 1. The maximum Gasteiger partial charge on any atom is 0.107 e. The average Bonchev–Trinajstić information content (AvgIpc) is 2.95. The van der Waals surface area contributed by atoms with Crippen LogP contribution in [0.3, 0.4) is 0 Å². The van der Waals surface area contributed by atoms with Crippen molar-refractivity contribution in [2.45, 2.75) is 39.4 Å². The van der Waals surface area contributed by atoms with Crippen molar-refractivity contribution in [1.29, 1.82) is 0 Å². The summed E-state index contributed by atoms with van der Waals surface area (Å²) in [6.45, 7) is 6.00. The highest BCUT2D eigenvalue weighted by Gasteiger charge is 2.01. The Morgan fingerprint density at radius 3 is 3.00 bits per heavy atom. The summed E-state index contributed by atoms with van der Waals surface area (Å²) in [5, 5.41) is 3.35. The van der Waals surface area contributed by atoms with Gasteiger partial charge in [0.05, 0.1) is 12.0 Å². The van der Waals surface area contributed by atoms with Gasteiger partial charge < -0.3 is 14.9 Å². The number of aryl methyl sites for hydroxylation is 2. The molecule has 5 heteroatoms. The molecular weight excluding hydrogens is 214 g/mol. The van der Waals surface area contributed by atoms with Crippen molar-refractivity contribution in [1.82, 2.24) is 24.8 Å². The van der Waals surface area contributed by atoms with Gasteiger partial charge in [-0.1, -0.05) is 13.8 Å². The Balaban J connectivity index is 1.81. The summed E-state index contributed by atoms with van der Waals surface area (Å²) >= 11 is 0. The second kappa shape index (κ2) is 5.63. The lowest BCUT2D eigenvalue weighted by Crippen LogP contribution is -2.21. The number of nitrogens with one attached hydrogen (secondary N) is 2. The predicted molar refractivity (Wildman–Crippen MR) is 66.5 cm³/mol. The fraction of sp³-hybridized carbons (Fsp3) is 0.500. The minimum Gasteiger partial charge on any atom is -0.349 e. The SMILES string of the molecule is CC(C)NCc1cn(CCc2ncc[nH]2)cn1. The average molecular weight is 233 g/mol. The molecule has 2 N–H and O–H groups in total. The summed E-state index contributed by atoms with van der Waals surface area (Å²) in [7, 11) is 0. The van der Waals surface area contributed by atoms with Gasteiger partial charge in [0.1, 0.15) is 5.82 Å². The van der Waals surface area contributed by atoms with Gasteiger partial charge in [0, 0.05) is 44.1 Å². The van der Waals surface area contributed by atoms with Crippen LogP contribution in [0.5, 0.6) is 0 Å². The monoisotopic (exact) mass is 233 g/mol. The third-order valence-electron chi connectivity index (χ3n) is 2.54. The van der Waals surface area contributed by atoms with Gasteiger partial charge >= 0.3 is 0 Å². The molecule has 0 saturated carbocycles. The standard InChI is InChI=1S/C12H19N5/c1-10(2)15-7-11-8-17(9-16-11)6-3-12-13-4-5-14-12/h4-5,8-10,15H,3,6-7H2,1-2H3,(H,13,14). The smallest absolute Gasteiger partial charge is 0.107 e. The Labute approximate surface area is 101 Å². The summed E-state index contributed by atoms with van der Waals surface area (Å²) in [4.78, 5) is 11.7. The molecule has 0 bridgehead atoms. The molecule has 92 valence electrons. The van der Waals surface area contributed by atoms with Crippen LogP contribution < -0.4 is 5.32 Å². The molecule has 2 aromatic rings. The molecule has 0 aromatic carbocycles. The number of hydrogen-bond donors (Lipinski definition) is 2. The van der Waals surface area contributed by atoms with Crippen molar-refractivity contribution in [3.8, 4) is 0 Å². The molecule has 0 aliphatic rings. The van der Waals surface area contributed by atoms with Crippen LogP contribution in [0.25, 0.3) is 0 Å². The third kappa shape index (κ3) is 3.71. The van der Waals surface area contributed by atoms with E-state index in [2.05, 4.69) is 44.9 Å². The molecule has 0 radical (unpaired) electrons. The largest absolute Gasteiger partial charge is 0.349 e. The number of H-pyrrole nitrogens is 1.